The predicted molar refractivity (Wildman–Crippen MR) is 51.2 cm³/mol. The van der Waals surface area contributed by atoms with E-state index in [-0.39, 0.29) is 5.75 Å². The van der Waals surface area contributed by atoms with Crippen molar-refractivity contribution in [3.63, 3.8) is 0 Å². The van der Waals surface area contributed by atoms with Crippen LogP contribution in [0.2, 0.25) is 5.32 Å². The molecule has 0 saturated carbocycles. The third-order valence-corrected chi connectivity index (χ3v) is 6.60. The van der Waals surface area contributed by atoms with Gasteiger partial charge in [-0.3, -0.25) is 0 Å². The van der Waals surface area contributed by atoms with Crippen LogP contribution in [0.25, 0.3) is 0 Å². The van der Waals surface area contributed by atoms with Crippen molar-refractivity contribution in [3.8, 4) is 0 Å². The van der Waals surface area contributed by atoms with Crippen LogP contribution in [0.15, 0.2) is 10.4 Å². The third-order valence-electron chi connectivity index (χ3n) is 1.01. The molecular formula is C6H8O2S2Se. The summed E-state index contributed by atoms with van der Waals surface area (Å²) in [5.74, 6) is -0.473. The molecule has 0 saturated heterocycles. The van der Waals surface area contributed by atoms with Gasteiger partial charge < -0.3 is 0 Å². The van der Waals surface area contributed by atoms with Gasteiger partial charge in [0.1, 0.15) is 0 Å². The Kier molecular flexibility index (Phi) is 4.45. The first-order valence-corrected chi connectivity index (χ1v) is 7.23. The van der Waals surface area contributed by atoms with Crippen LogP contribution >= 0.6 is 23.5 Å². The molecule has 1 heterocycles. The van der Waals surface area contributed by atoms with Crippen LogP contribution in [0.4, 0.5) is 0 Å². The summed E-state index contributed by atoms with van der Waals surface area (Å²) in [5.41, 5.74) is 0. The van der Waals surface area contributed by atoms with E-state index in [0.717, 1.165) is 5.32 Å². The molecule has 0 amide bonds. The number of thioether (sulfide) groups is 2. The second-order valence-corrected chi connectivity index (χ2v) is 6.45. The van der Waals surface area contributed by atoms with E-state index in [9.17, 15) is 4.79 Å². The van der Waals surface area contributed by atoms with Gasteiger partial charge in [0.05, 0.1) is 0 Å². The van der Waals surface area contributed by atoms with E-state index < -0.39 is 5.97 Å². The molecule has 5 heteroatoms. The van der Waals surface area contributed by atoms with Gasteiger partial charge in [0.2, 0.25) is 0 Å². The molecule has 1 N–H and O–H groups in total. The molecule has 1 rings (SSSR count). The van der Waals surface area contributed by atoms with E-state index in [2.05, 4.69) is 10.4 Å². The Labute approximate surface area is 80.4 Å². The number of carbonyl (C=O) groups is 1. The molecule has 0 bridgehead atoms. The van der Waals surface area contributed by atoms with Crippen molar-refractivity contribution in [3.05, 3.63) is 10.4 Å². The number of hydrogen-bond acceptors (Lipinski definition) is 3. The van der Waals surface area contributed by atoms with Crippen molar-refractivity contribution >= 4 is 44.4 Å². The number of hydrogen-bond donors (Lipinski definition) is 1. The number of carboxylic acids is 1. The number of rotatable bonds is 3. The van der Waals surface area contributed by atoms with E-state index in [1.807, 2.05) is 0 Å². The van der Waals surface area contributed by atoms with Gasteiger partial charge in [-0.2, -0.15) is 0 Å². The molecule has 0 aliphatic carbocycles. The average Bonchev–Trinajstić information content (AvgIpc) is 2.03. The summed E-state index contributed by atoms with van der Waals surface area (Å²) in [6.45, 7) is 0. The van der Waals surface area contributed by atoms with Gasteiger partial charge in [-0.15, -0.1) is 0 Å². The molecule has 0 fully saturated rings. The van der Waals surface area contributed by atoms with Crippen molar-refractivity contribution in [2.24, 2.45) is 0 Å². The Bertz CT molecular complexity index is 172. The molecule has 0 aromatic carbocycles. The van der Waals surface area contributed by atoms with Gasteiger partial charge in [-0.05, 0) is 0 Å². The van der Waals surface area contributed by atoms with Gasteiger partial charge in [0, 0.05) is 0 Å². The van der Waals surface area contributed by atoms with Crippen LogP contribution in [-0.4, -0.2) is 36.4 Å². The van der Waals surface area contributed by atoms with Crippen LogP contribution in [0.3, 0.4) is 0 Å². The summed E-state index contributed by atoms with van der Waals surface area (Å²) >= 11 is 3.87. The summed E-state index contributed by atoms with van der Waals surface area (Å²) in [4.78, 5) is 12.4. The minimum atomic E-state index is -0.711. The quantitative estimate of drug-likeness (QED) is 0.775. The number of aliphatic carboxylic acids is 1. The van der Waals surface area contributed by atoms with Crippen molar-refractivity contribution < 1.29 is 9.90 Å². The fourth-order valence-corrected chi connectivity index (χ4v) is 5.49. The van der Waals surface area contributed by atoms with Gasteiger partial charge in [0.25, 0.3) is 0 Å². The fourth-order valence-electron chi connectivity index (χ4n) is 0.584. The third kappa shape index (κ3) is 4.11. The molecule has 2 nitrogen and oxygen atoms in total. The van der Waals surface area contributed by atoms with Crippen LogP contribution in [-0.2, 0) is 4.79 Å². The van der Waals surface area contributed by atoms with Crippen LogP contribution in [0.5, 0.6) is 0 Å². The van der Waals surface area contributed by atoms with Crippen molar-refractivity contribution in [2.45, 2.75) is 9.90 Å². The minimum absolute atomic E-state index is 0.238. The Morgan fingerprint density at radius 3 is 3.27 bits per heavy atom. The summed E-state index contributed by atoms with van der Waals surface area (Å²) in [5, 5.41) is 11.6. The normalized spacial score (nSPS) is 23.5. The molecule has 11 heavy (non-hydrogen) atoms. The molecule has 1 unspecified atom stereocenters. The van der Waals surface area contributed by atoms with Crippen LogP contribution < -0.4 is 0 Å². The predicted octanol–water partition coefficient (Wildman–Crippen LogP) is 1.47. The topological polar surface area (TPSA) is 37.3 Å². The van der Waals surface area contributed by atoms with E-state index in [1.165, 1.54) is 11.8 Å². The molecule has 1 aliphatic heterocycles. The Hall–Kier alpha value is 0.429. The van der Waals surface area contributed by atoms with Crippen molar-refractivity contribution in [2.75, 3.05) is 5.75 Å². The molecule has 0 radical (unpaired) electrons. The Balaban J connectivity index is 2.16. The summed E-state index contributed by atoms with van der Waals surface area (Å²) in [6.07, 6.45) is 0. The van der Waals surface area contributed by atoms with E-state index >= 15 is 0 Å². The number of carboxylic acid groups (broad SMARTS) is 1. The first-order chi connectivity index (χ1) is 5.29. The van der Waals surface area contributed by atoms with E-state index in [1.54, 1.807) is 11.8 Å². The van der Waals surface area contributed by atoms with Gasteiger partial charge >= 0.3 is 80.4 Å². The molecular weight excluding hydrogens is 247 g/mol. The fraction of sp³-hybridized carbons (Fsp3) is 0.500. The van der Waals surface area contributed by atoms with Gasteiger partial charge in [-0.25, -0.2) is 0 Å². The average molecular weight is 255 g/mol. The molecule has 0 spiro atoms. The van der Waals surface area contributed by atoms with Crippen LogP contribution in [0, 0.1) is 0 Å². The van der Waals surface area contributed by atoms with Crippen molar-refractivity contribution in [1.82, 2.24) is 0 Å². The molecule has 1 aliphatic rings. The van der Waals surface area contributed by atoms with Crippen molar-refractivity contribution in [1.29, 1.82) is 0 Å². The zero-order valence-corrected chi connectivity index (χ0v) is 9.07. The first-order valence-electron chi connectivity index (χ1n) is 3.04. The summed E-state index contributed by atoms with van der Waals surface area (Å²) < 4.78 is 0.482. The van der Waals surface area contributed by atoms with Gasteiger partial charge in [-0.1, -0.05) is 0 Å². The molecule has 0 aromatic heterocycles. The Morgan fingerprint density at radius 2 is 2.73 bits per heavy atom. The molecule has 1 atom stereocenters. The SMILES string of the molecule is O=C(O)CSC1C[Se]C=CS1. The standard InChI is InChI=1S/C6H8O2S2Se/c7-5(8)3-10-6-4-11-2-1-9-6/h1-2,6H,3-4H2,(H,7,8). The van der Waals surface area contributed by atoms with Crippen LogP contribution in [0.1, 0.15) is 0 Å². The molecule has 0 aromatic rings. The maximum atomic E-state index is 10.2. The summed E-state index contributed by atoms with van der Waals surface area (Å²) in [6, 6.07) is 0. The zero-order valence-electron chi connectivity index (χ0n) is 5.73. The Morgan fingerprint density at radius 1 is 1.91 bits per heavy atom. The second kappa shape index (κ2) is 5.14. The van der Waals surface area contributed by atoms with E-state index in [0.29, 0.717) is 19.5 Å². The summed E-state index contributed by atoms with van der Waals surface area (Å²) in [7, 11) is 0. The zero-order chi connectivity index (χ0) is 8.10. The first kappa shape index (κ1) is 9.52. The second-order valence-electron chi connectivity index (χ2n) is 1.88. The monoisotopic (exact) mass is 256 g/mol. The maximum absolute atomic E-state index is 10.2. The van der Waals surface area contributed by atoms with Gasteiger partial charge in [0.15, 0.2) is 0 Å². The van der Waals surface area contributed by atoms with E-state index in [4.69, 9.17) is 5.11 Å². The molecule has 62 valence electrons.